The fraction of sp³-hybridized carbons (Fsp3) is 0.333. The number of rotatable bonds is 5. The molecule has 2 amide bonds. The smallest absolute Gasteiger partial charge is 0.279 e. The van der Waals surface area contributed by atoms with Crippen molar-refractivity contribution in [2.45, 2.75) is 39.8 Å². The first kappa shape index (κ1) is 20.1. The predicted octanol–water partition coefficient (Wildman–Crippen LogP) is 3.68. The van der Waals surface area contributed by atoms with E-state index in [0.717, 1.165) is 16.3 Å². The van der Waals surface area contributed by atoms with Crippen LogP contribution in [-0.2, 0) is 13.0 Å². The summed E-state index contributed by atoms with van der Waals surface area (Å²) in [5.74, 6) is 0.910. The van der Waals surface area contributed by atoms with Crippen molar-refractivity contribution in [3.05, 3.63) is 57.9 Å². The highest BCUT2D eigenvalue weighted by Gasteiger charge is 2.26. The molecule has 1 aliphatic heterocycles. The van der Waals surface area contributed by atoms with E-state index >= 15 is 0 Å². The summed E-state index contributed by atoms with van der Waals surface area (Å²) in [4.78, 5) is 32.4. The van der Waals surface area contributed by atoms with Crippen molar-refractivity contribution in [2.75, 3.05) is 11.9 Å². The summed E-state index contributed by atoms with van der Waals surface area (Å²) in [6.45, 7) is 6.69. The van der Waals surface area contributed by atoms with Crippen LogP contribution in [0.2, 0.25) is 0 Å². The van der Waals surface area contributed by atoms with E-state index in [1.807, 2.05) is 26.0 Å². The molecule has 0 spiro atoms. The van der Waals surface area contributed by atoms with Gasteiger partial charge in [0.1, 0.15) is 11.5 Å². The molecule has 4 rings (SSSR count). The molecule has 0 unspecified atom stereocenters. The van der Waals surface area contributed by atoms with Crippen LogP contribution in [0.15, 0.2) is 34.9 Å². The first-order valence-corrected chi connectivity index (χ1v) is 10.5. The zero-order valence-corrected chi connectivity index (χ0v) is 17.8. The average Bonchev–Trinajstić information content (AvgIpc) is 3.32. The van der Waals surface area contributed by atoms with Gasteiger partial charge in [0.05, 0.1) is 18.3 Å². The minimum atomic E-state index is -0.366. The quantitative estimate of drug-likeness (QED) is 0.668. The number of ether oxygens (including phenoxy) is 1. The number of hydrogen-bond acceptors (Lipinski definition) is 7. The fourth-order valence-electron chi connectivity index (χ4n) is 3.19. The van der Waals surface area contributed by atoms with Crippen LogP contribution < -0.4 is 10.1 Å². The Morgan fingerprint density at radius 1 is 1.27 bits per heavy atom. The lowest BCUT2D eigenvalue weighted by Crippen LogP contribution is -2.35. The van der Waals surface area contributed by atoms with Crippen LogP contribution in [0.4, 0.5) is 5.13 Å². The molecule has 1 N–H and O–H groups in total. The van der Waals surface area contributed by atoms with Gasteiger partial charge >= 0.3 is 0 Å². The lowest BCUT2D eigenvalue weighted by molar-refractivity contribution is 0.0736. The largest absolute Gasteiger partial charge is 0.491 e. The van der Waals surface area contributed by atoms with Crippen LogP contribution in [0.3, 0.4) is 0 Å². The Hall–Kier alpha value is -3.20. The van der Waals surface area contributed by atoms with Gasteiger partial charge in [-0.15, -0.1) is 0 Å². The van der Waals surface area contributed by atoms with Crippen molar-refractivity contribution in [1.82, 2.24) is 15.0 Å². The summed E-state index contributed by atoms with van der Waals surface area (Å²) < 4.78 is 10.6. The van der Waals surface area contributed by atoms with Crippen LogP contribution >= 0.6 is 11.3 Å². The van der Waals surface area contributed by atoms with Crippen LogP contribution in [0.1, 0.15) is 51.0 Å². The highest BCUT2D eigenvalue weighted by Crippen LogP contribution is 2.29. The monoisotopic (exact) mass is 426 g/mol. The van der Waals surface area contributed by atoms with Crippen molar-refractivity contribution in [3.63, 3.8) is 0 Å². The summed E-state index contributed by atoms with van der Waals surface area (Å²) >= 11 is 1.38. The van der Waals surface area contributed by atoms with Gasteiger partial charge in [-0.2, -0.15) is 0 Å². The Morgan fingerprint density at radius 3 is 2.70 bits per heavy atom. The third kappa shape index (κ3) is 4.35. The second-order valence-corrected chi connectivity index (χ2v) is 8.42. The van der Waals surface area contributed by atoms with Crippen molar-refractivity contribution in [1.29, 1.82) is 0 Å². The van der Waals surface area contributed by atoms with E-state index in [-0.39, 0.29) is 23.6 Å². The number of carbonyl (C=O) groups excluding carboxylic acids is 2. The SMILES string of the molecule is Cc1cc(C(=O)Nc2nc3c(s2)CN(C(=O)c2ccc(OC(C)C)cc2)CC3)no1. The molecule has 1 aromatic carbocycles. The maximum absolute atomic E-state index is 12.9. The average molecular weight is 426 g/mol. The fourth-order valence-corrected chi connectivity index (χ4v) is 4.21. The van der Waals surface area contributed by atoms with E-state index in [1.54, 1.807) is 30.0 Å². The van der Waals surface area contributed by atoms with Crippen LogP contribution in [0.25, 0.3) is 0 Å². The molecule has 8 nitrogen and oxygen atoms in total. The second kappa shape index (κ2) is 8.27. The van der Waals surface area contributed by atoms with Gasteiger partial charge in [0.2, 0.25) is 0 Å². The molecule has 0 saturated carbocycles. The summed E-state index contributed by atoms with van der Waals surface area (Å²) in [7, 11) is 0. The highest BCUT2D eigenvalue weighted by molar-refractivity contribution is 7.15. The summed E-state index contributed by atoms with van der Waals surface area (Å²) in [6, 6.07) is 8.77. The third-order valence-corrected chi connectivity index (χ3v) is 5.57. The molecule has 0 bridgehead atoms. The van der Waals surface area contributed by atoms with Crippen molar-refractivity contribution in [3.8, 4) is 5.75 Å². The van der Waals surface area contributed by atoms with Gasteiger partial charge in [-0.05, 0) is 45.0 Å². The molecule has 0 saturated heterocycles. The molecular formula is C21H22N4O4S. The number of thiazole rings is 1. The standard InChI is InChI=1S/C21H22N4O4S/c1-12(2)28-15-6-4-14(5-7-15)20(27)25-9-8-16-18(11-25)30-21(22-16)23-19(26)17-10-13(3)29-24-17/h4-7,10,12H,8-9,11H2,1-3H3,(H,22,23,26). The molecule has 0 radical (unpaired) electrons. The molecule has 2 aromatic heterocycles. The molecule has 3 heterocycles. The highest BCUT2D eigenvalue weighted by atomic mass is 32.1. The normalized spacial score (nSPS) is 13.3. The minimum absolute atomic E-state index is 0.0335. The van der Waals surface area contributed by atoms with Gasteiger partial charge in [-0.25, -0.2) is 4.98 Å². The van der Waals surface area contributed by atoms with E-state index in [1.165, 1.54) is 11.3 Å². The summed E-state index contributed by atoms with van der Waals surface area (Å²) in [5.41, 5.74) is 1.74. The number of aromatic nitrogens is 2. The first-order chi connectivity index (χ1) is 14.4. The van der Waals surface area contributed by atoms with Gasteiger partial charge in [-0.1, -0.05) is 16.5 Å². The Labute approximate surface area is 177 Å². The van der Waals surface area contributed by atoms with Crippen molar-refractivity contribution in [2.24, 2.45) is 0 Å². The Morgan fingerprint density at radius 2 is 2.03 bits per heavy atom. The Balaban J connectivity index is 1.42. The molecule has 0 fully saturated rings. The van der Waals surface area contributed by atoms with E-state index in [9.17, 15) is 9.59 Å². The Bertz CT molecular complexity index is 1070. The van der Waals surface area contributed by atoms with Gasteiger partial charge in [0, 0.05) is 29.5 Å². The molecule has 9 heteroatoms. The maximum Gasteiger partial charge on any atom is 0.279 e. The minimum Gasteiger partial charge on any atom is -0.491 e. The van der Waals surface area contributed by atoms with Crippen molar-refractivity contribution >= 4 is 28.3 Å². The van der Waals surface area contributed by atoms with Crippen LogP contribution in [0, 0.1) is 6.92 Å². The number of carbonyl (C=O) groups is 2. The van der Waals surface area contributed by atoms with Crippen molar-refractivity contribution < 1.29 is 18.8 Å². The zero-order chi connectivity index (χ0) is 21.3. The lowest BCUT2D eigenvalue weighted by Gasteiger charge is -2.26. The summed E-state index contributed by atoms with van der Waals surface area (Å²) in [6.07, 6.45) is 0.729. The lowest BCUT2D eigenvalue weighted by atomic mass is 10.1. The number of fused-ring (bicyclic) bond motifs is 1. The van der Waals surface area contributed by atoms with E-state index in [2.05, 4.69) is 15.5 Å². The molecule has 30 heavy (non-hydrogen) atoms. The predicted molar refractivity (Wildman–Crippen MR) is 112 cm³/mol. The molecule has 1 aliphatic rings. The van der Waals surface area contributed by atoms with E-state index in [0.29, 0.717) is 36.0 Å². The van der Waals surface area contributed by atoms with E-state index in [4.69, 9.17) is 9.26 Å². The molecule has 0 atom stereocenters. The molecule has 3 aromatic rings. The zero-order valence-electron chi connectivity index (χ0n) is 17.0. The molecule has 156 valence electrons. The second-order valence-electron chi connectivity index (χ2n) is 7.33. The van der Waals surface area contributed by atoms with Gasteiger partial charge in [0.25, 0.3) is 11.8 Å². The van der Waals surface area contributed by atoms with E-state index < -0.39 is 0 Å². The first-order valence-electron chi connectivity index (χ1n) is 9.68. The number of benzene rings is 1. The molecular weight excluding hydrogens is 404 g/mol. The number of nitrogens with zero attached hydrogens (tertiary/aromatic N) is 3. The summed E-state index contributed by atoms with van der Waals surface area (Å²) in [5, 5.41) is 6.96. The number of amides is 2. The Kier molecular flexibility index (Phi) is 5.54. The molecule has 0 aliphatic carbocycles. The van der Waals surface area contributed by atoms with Crippen LogP contribution in [-0.4, -0.2) is 39.5 Å². The number of anilines is 1. The number of hydrogen-bond donors (Lipinski definition) is 1. The topological polar surface area (TPSA) is 97.6 Å². The van der Waals surface area contributed by atoms with Gasteiger partial charge in [0.15, 0.2) is 10.8 Å². The number of aryl methyl sites for hydroxylation is 1. The number of nitrogens with one attached hydrogen (secondary N) is 1. The van der Waals surface area contributed by atoms with Crippen LogP contribution in [0.5, 0.6) is 5.75 Å². The van der Waals surface area contributed by atoms with Gasteiger partial charge in [-0.3, -0.25) is 14.9 Å². The van der Waals surface area contributed by atoms with Gasteiger partial charge < -0.3 is 14.2 Å². The third-order valence-electron chi connectivity index (χ3n) is 4.57. The maximum atomic E-state index is 12.9.